The Bertz CT molecular complexity index is 125. The van der Waals surface area contributed by atoms with Crippen molar-refractivity contribution in [1.29, 1.82) is 0 Å². The Hall–Kier alpha value is 0.960. The van der Waals surface area contributed by atoms with Gasteiger partial charge in [-0.05, 0) is 11.8 Å². The molecule has 1 aliphatic rings. The predicted octanol–water partition coefficient (Wildman–Crippen LogP) is -1.19. The molecule has 0 aliphatic heterocycles. The summed E-state index contributed by atoms with van der Waals surface area (Å²) in [6.45, 7) is 6.54. The molecule has 1 nitrogen and oxygen atoms in total. The van der Waals surface area contributed by atoms with Gasteiger partial charge in [0.1, 0.15) is 0 Å². The molecule has 1 saturated carbocycles. The van der Waals surface area contributed by atoms with E-state index in [2.05, 4.69) is 20.8 Å². The molecule has 0 amide bonds. The second kappa shape index (κ2) is 5.64. The fourth-order valence-electron chi connectivity index (χ4n) is 2.11. The summed E-state index contributed by atoms with van der Waals surface area (Å²) >= 11 is 0. The Morgan fingerprint density at radius 2 is 1.83 bits per heavy atom. The van der Waals surface area contributed by atoms with E-state index >= 15 is 0 Å². The second-order valence-corrected chi connectivity index (χ2v) is 4.36. The maximum Gasteiger partial charge on any atom is 1.00 e. The SMILES string of the molecule is CC(C)[C@@H]1CC[C@@H](C)C[C@H]1[O-].[Na+]. The van der Waals surface area contributed by atoms with Crippen LogP contribution in [0, 0.1) is 17.8 Å². The van der Waals surface area contributed by atoms with Gasteiger partial charge in [0.2, 0.25) is 0 Å². The molecule has 2 heteroatoms. The van der Waals surface area contributed by atoms with Crippen molar-refractivity contribution in [3.05, 3.63) is 0 Å². The van der Waals surface area contributed by atoms with Crippen LogP contribution >= 0.6 is 0 Å². The van der Waals surface area contributed by atoms with E-state index in [0.717, 1.165) is 12.8 Å². The molecule has 0 unspecified atom stereocenters. The predicted molar refractivity (Wildman–Crippen MR) is 45.1 cm³/mol. The van der Waals surface area contributed by atoms with E-state index in [1.807, 2.05) is 0 Å². The van der Waals surface area contributed by atoms with Crippen molar-refractivity contribution < 1.29 is 34.7 Å². The molecule has 1 aliphatic carbocycles. The van der Waals surface area contributed by atoms with Gasteiger partial charge < -0.3 is 5.11 Å². The summed E-state index contributed by atoms with van der Waals surface area (Å²) < 4.78 is 0. The Kier molecular flexibility index (Phi) is 6.09. The molecule has 1 rings (SSSR count). The maximum absolute atomic E-state index is 11.5. The third-order valence-electron chi connectivity index (χ3n) is 2.96. The summed E-state index contributed by atoms with van der Waals surface area (Å²) in [5, 5.41) is 11.5. The number of hydrogen-bond acceptors (Lipinski definition) is 1. The van der Waals surface area contributed by atoms with Crippen molar-refractivity contribution in [2.75, 3.05) is 0 Å². The van der Waals surface area contributed by atoms with Crippen LogP contribution < -0.4 is 34.7 Å². The quantitative estimate of drug-likeness (QED) is 0.463. The molecule has 0 saturated heterocycles. The first kappa shape index (κ1) is 13.0. The summed E-state index contributed by atoms with van der Waals surface area (Å²) in [7, 11) is 0. The molecule has 0 bridgehead atoms. The maximum atomic E-state index is 11.5. The van der Waals surface area contributed by atoms with E-state index in [9.17, 15) is 5.11 Å². The van der Waals surface area contributed by atoms with E-state index < -0.39 is 0 Å². The summed E-state index contributed by atoms with van der Waals surface area (Å²) in [4.78, 5) is 0. The van der Waals surface area contributed by atoms with Crippen LogP contribution in [0.25, 0.3) is 0 Å². The molecule has 0 aromatic carbocycles. The molecule has 0 aromatic rings. The normalized spacial score (nSPS) is 36.2. The van der Waals surface area contributed by atoms with Crippen molar-refractivity contribution in [2.45, 2.75) is 46.1 Å². The second-order valence-electron chi connectivity index (χ2n) is 4.36. The first-order chi connectivity index (χ1) is 5.11. The van der Waals surface area contributed by atoms with E-state index in [0.29, 0.717) is 17.8 Å². The Balaban J connectivity index is 0.00000121. The average Bonchev–Trinajstić information content (AvgIpc) is 1.85. The zero-order valence-electron chi connectivity index (χ0n) is 8.84. The minimum Gasteiger partial charge on any atom is -0.852 e. The largest absolute Gasteiger partial charge is 1.00 e. The van der Waals surface area contributed by atoms with Crippen LogP contribution in [-0.4, -0.2) is 6.10 Å². The third-order valence-corrected chi connectivity index (χ3v) is 2.96. The van der Waals surface area contributed by atoms with Gasteiger partial charge in [-0.2, -0.15) is 0 Å². The molecule has 0 spiro atoms. The fraction of sp³-hybridized carbons (Fsp3) is 1.00. The van der Waals surface area contributed by atoms with Crippen molar-refractivity contribution in [3.63, 3.8) is 0 Å². The smallest absolute Gasteiger partial charge is 0.852 e. The minimum atomic E-state index is -0.279. The monoisotopic (exact) mass is 178 g/mol. The van der Waals surface area contributed by atoms with Crippen molar-refractivity contribution in [1.82, 2.24) is 0 Å². The zero-order valence-corrected chi connectivity index (χ0v) is 10.8. The van der Waals surface area contributed by atoms with Crippen LogP contribution in [0.2, 0.25) is 0 Å². The molecular weight excluding hydrogens is 159 g/mol. The molecule has 66 valence electrons. The Morgan fingerprint density at radius 3 is 2.25 bits per heavy atom. The fourth-order valence-corrected chi connectivity index (χ4v) is 2.11. The molecule has 0 heterocycles. The summed E-state index contributed by atoms with van der Waals surface area (Å²) in [6, 6.07) is 0. The van der Waals surface area contributed by atoms with E-state index in [-0.39, 0.29) is 35.7 Å². The van der Waals surface area contributed by atoms with E-state index in [1.165, 1.54) is 6.42 Å². The van der Waals surface area contributed by atoms with Crippen molar-refractivity contribution in [2.24, 2.45) is 17.8 Å². The summed E-state index contributed by atoms with van der Waals surface area (Å²) in [5.41, 5.74) is 0. The topological polar surface area (TPSA) is 23.1 Å². The minimum absolute atomic E-state index is 0. The van der Waals surface area contributed by atoms with Gasteiger partial charge in [0.25, 0.3) is 0 Å². The molecule has 0 aromatic heterocycles. The standard InChI is InChI=1S/C10H19O.Na/c1-7(2)9-5-4-8(3)6-10(9)11;/h7-10H,4-6H2,1-3H3;/q-1;+1/t8-,9+,10-;/m1./s1. The molecule has 1 fully saturated rings. The van der Waals surface area contributed by atoms with Crippen molar-refractivity contribution >= 4 is 0 Å². The van der Waals surface area contributed by atoms with Gasteiger partial charge in [0, 0.05) is 0 Å². The Labute approximate surface area is 98.2 Å². The van der Waals surface area contributed by atoms with Gasteiger partial charge in [-0.25, -0.2) is 0 Å². The van der Waals surface area contributed by atoms with Gasteiger partial charge >= 0.3 is 29.6 Å². The van der Waals surface area contributed by atoms with E-state index in [4.69, 9.17) is 0 Å². The average molecular weight is 178 g/mol. The van der Waals surface area contributed by atoms with Gasteiger partial charge in [-0.1, -0.05) is 46.0 Å². The molecule has 0 radical (unpaired) electrons. The van der Waals surface area contributed by atoms with Crippen molar-refractivity contribution in [3.8, 4) is 0 Å². The number of hydrogen-bond donors (Lipinski definition) is 0. The first-order valence-corrected chi connectivity index (χ1v) is 4.77. The van der Waals surface area contributed by atoms with Crippen LogP contribution in [0.1, 0.15) is 40.0 Å². The third kappa shape index (κ3) is 3.37. The molecule has 12 heavy (non-hydrogen) atoms. The first-order valence-electron chi connectivity index (χ1n) is 4.77. The Morgan fingerprint density at radius 1 is 1.25 bits per heavy atom. The number of rotatable bonds is 1. The summed E-state index contributed by atoms with van der Waals surface area (Å²) in [6.07, 6.45) is 3.05. The molecule has 3 atom stereocenters. The van der Waals surface area contributed by atoms with E-state index in [1.54, 1.807) is 0 Å². The van der Waals surface area contributed by atoms with Crippen LogP contribution in [0.4, 0.5) is 0 Å². The van der Waals surface area contributed by atoms with Gasteiger partial charge in [-0.3, -0.25) is 0 Å². The summed E-state index contributed by atoms with van der Waals surface area (Å²) in [5.74, 6) is 1.71. The van der Waals surface area contributed by atoms with Crippen LogP contribution in [0.3, 0.4) is 0 Å². The van der Waals surface area contributed by atoms with Crippen LogP contribution in [0.15, 0.2) is 0 Å². The molecule has 0 N–H and O–H groups in total. The van der Waals surface area contributed by atoms with Gasteiger partial charge in [-0.15, -0.1) is 6.10 Å². The van der Waals surface area contributed by atoms with Gasteiger partial charge in [0.15, 0.2) is 0 Å². The van der Waals surface area contributed by atoms with Gasteiger partial charge in [0.05, 0.1) is 0 Å². The van der Waals surface area contributed by atoms with Crippen LogP contribution in [0.5, 0.6) is 0 Å². The van der Waals surface area contributed by atoms with Crippen LogP contribution in [-0.2, 0) is 0 Å². The zero-order chi connectivity index (χ0) is 8.43. The molecular formula is C10H19NaO.